The van der Waals surface area contributed by atoms with Gasteiger partial charge in [-0.2, -0.15) is 15.0 Å². The van der Waals surface area contributed by atoms with Gasteiger partial charge in [-0.15, -0.1) is 0 Å². The number of anilines is 2. The Labute approximate surface area is 180 Å². The maximum absolute atomic E-state index is 13.6. The van der Waals surface area contributed by atoms with Crippen molar-refractivity contribution in [1.82, 2.24) is 15.0 Å². The molecule has 0 aliphatic heterocycles. The van der Waals surface area contributed by atoms with Crippen LogP contribution >= 0.6 is 0 Å². The van der Waals surface area contributed by atoms with Crippen molar-refractivity contribution in [3.05, 3.63) is 12.0 Å². The van der Waals surface area contributed by atoms with Gasteiger partial charge in [0.05, 0.1) is 11.9 Å². The fourth-order valence-corrected chi connectivity index (χ4v) is 3.59. The van der Waals surface area contributed by atoms with Crippen LogP contribution < -0.4 is 10.6 Å². The summed E-state index contributed by atoms with van der Waals surface area (Å²) in [7, 11) is 0. The maximum Gasteiger partial charge on any atom is 0.276 e. The first-order chi connectivity index (χ1) is 15.0. The van der Waals surface area contributed by atoms with Crippen molar-refractivity contribution >= 4 is 30.0 Å². The predicted octanol–water partition coefficient (Wildman–Crippen LogP) is 4.80. The number of hydrogen-bond donors (Lipinski definition) is 2. The molecule has 176 valence electrons. The monoisotopic (exact) mass is 463 g/mol. The van der Waals surface area contributed by atoms with E-state index in [9.17, 15) is 26.3 Å². The Hall–Kier alpha value is -2.73. The molecule has 1 aromatic heterocycles. The van der Waals surface area contributed by atoms with Crippen molar-refractivity contribution in [1.29, 1.82) is 0 Å². The van der Waals surface area contributed by atoms with Crippen LogP contribution in [0.15, 0.2) is 16.2 Å². The fraction of sp³-hybridized carbons (Fsp3) is 0.632. The quantitative estimate of drug-likeness (QED) is 0.427. The van der Waals surface area contributed by atoms with Crippen molar-refractivity contribution in [2.45, 2.75) is 75.8 Å². The lowest BCUT2D eigenvalue weighted by Gasteiger charge is -2.17. The van der Waals surface area contributed by atoms with E-state index in [1.165, 1.54) is 0 Å². The van der Waals surface area contributed by atoms with E-state index >= 15 is 0 Å². The summed E-state index contributed by atoms with van der Waals surface area (Å²) in [6, 6.07) is -1.25. The third kappa shape index (κ3) is 6.39. The largest absolute Gasteiger partial charge is 0.351 e. The van der Waals surface area contributed by atoms with Gasteiger partial charge in [0.2, 0.25) is 23.7 Å². The topological polar surface area (TPSA) is 87.5 Å². The Balaban J connectivity index is 1.93. The van der Waals surface area contributed by atoms with Crippen LogP contribution in [0.25, 0.3) is 5.70 Å². The third-order valence-electron chi connectivity index (χ3n) is 5.16. The number of alkyl halides is 6. The average molecular weight is 463 g/mol. The maximum atomic E-state index is 13.6. The Morgan fingerprint density at radius 1 is 1.00 bits per heavy atom. The van der Waals surface area contributed by atoms with E-state index in [2.05, 4.69) is 42.3 Å². The van der Waals surface area contributed by atoms with E-state index in [1.54, 1.807) is 0 Å². The zero-order valence-corrected chi connectivity index (χ0v) is 17.3. The van der Waals surface area contributed by atoms with Gasteiger partial charge in [0.15, 0.2) is 5.82 Å². The van der Waals surface area contributed by atoms with Gasteiger partial charge < -0.3 is 10.6 Å². The lowest BCUT2D eigenvalue weighted by Crippen LogP contribution is -2.24. The van der Waals surface area contributed by atoms with Gasteiger partial charge in [0.25, 0.3) is 6.43 Å². The second-order valence-corrected chi connectivity index (χ2v) is 7.94. The fourth-order valence-electron chi connectivity index (χ4n) is 3.59. The number of hydrogen-bond acceptors (Lipinski definition) is 7. The zero-order valence-electron chi connectivity index (χ0n) is 17.3. The van der Waals surface area contributed by atoms with Gasteiger partial charge in [-0.3, -0.25) is 4.99 Å². The molecular weight excluding hydrogens is 440 g/mol. The van der Waals surface area contributed by atoms with Crippen LogP contribution in [0.2, 0.25) is 0 Å². The third-order valence-corrected chi connectivity index (χ3v) is 5.16. The lowest BCUT2D eigenvalue weighted by atomic mass is 10.2. The molecule has 0 spiro atoms. The summed E-state index contributed by atoms with van der Waals surface area (Å²) in [5.74, 6) is -6.04. The number of aliphatic imine (C=N–C) groups is 2. The average Bonchev–Trinajstić information content (AvgIpc) is 3.21. The summed E-state index contributed by atoms with van der Waals surface area (Å²) in [5, 5.41) is 5.58. The van der Waals surface area contributed by atoms with Gasteiger partial charge in [-0.05, 0) is 26.5 Å². The Morgan fingerprint density at radius 3 is 1.88 bits per heavy atom. The first-order valence-electron chi connectivity index (χ1n) is 10.0. The van der Waals surface area contributed by atoms with Gasteiger partial charge in [-0.25, -0.2) is 31.3 Å². The highest BCUT2D eigenvalue weighted by Crippen LogP contribution is 2.37. The Morgan fingerprint density at radius 2 is 1.50 bits per heavy atom. The van der Waals surface area contributed by atoms with Crippen LogP contribution in [0.4, 0.5) is 38.2 Å². The van der Waals surface area contributed by atoms with Gasteiger partial charge in [0, 0.05) is 37.8 Å². The molecule has 13 heteroatoms. The first kappa shape index (κ1) is 23.9. The standard InChI is InChI=1S/C19H23F6N7/c1-10(14(20)21)27-13(9-26-2)15-30-16(28-11-3-5-18(22,23)7-11)32-17(31-15)29-12-4-6-19(24,25)8-12/h9,11-12,14H,2-8H2,1H3,(H2,28,29,30,31,32)/b13-9-,27-10+. The molecule has 0 amide bonds. The highest BCUT2D eigenvalue weighted by atomic mass is 19.3. The van der Waals surface area contributed by atoms with E-state index < -0.39 is 48.9 Å². The highest BCUT2D eigenvalue weighted by molar-refractivity contribution is 5.89. The first-order valence-corrected chi connectivity index (χ1v) is 10.0. The zero-order chi connectivity index (χ0) is 23.5. The number of aromatic nitrogens is 3. The highest BCUT2D eigenvalue weighted by Gasteiger charge is 2.41. The summed E-state index contributed by atoms with van der Waals surface area (Å²) in [5.41, 5.74) is -0.699. The van der Waals surface area contributed by atoms with E-state index in [4.69, 9.17) is 0 Å². The predicted molar refractivity (Wildman–Crippen MR) is 109 cm³/mol. The number of rotatable bonds is 8. The Kier molecular flexibility index (Phi) is 7.03. The molecular formula is C19H23F6N7. The molecule has 2 aliphatic carbocycles. The summed E-state index contributed by atoms with van der Waals surface area (Å²) in [6.07, 6.45) is -2.89. The van der Waals surface area contributed by atoms with Gasteiger partial charge >= 0.3 is 0 Å². The summed E-state index contributed by atoms with van der Waals surface area (Å²) in [4.78, 5) is 19.6. The molecule has 2 aliphatic rings. The molecule has 2 unspecified atom stereocenters. The number of nitrogens with one attached hydrogen (secondary N) is 2. The van der Waals surface area contributed by atoms with E-state index in [1.807, 2.05) is 0 Å². The number of halogens is 6. The van der Waals surface area contributed by atoms with Crippen molar-refractivity contribution in [3.8, 4) is 0 Å². The van der Waals surface area contributed by atoms with E-state index in [0.717, 1.165) is 13.1 Å². The van der Waals surface area contributed by atoms with Crippen LogP contribution in [0.1, 0.15) is 51.3 Å². The van der Waals surface area contributed by atoms with Crippen molar-refractivity contribution in [2.75, 3.05) is 10.6 Å². The molecule has 2 atom stereocenters. The molecule has 3 rings (SSSR count). The smallest absolute Gasteiger partial charge is 0.276 e. The molecule has 2 fully saturated rings. The molecule has 0 aromatic carbocycles. The molecule has 32 heavy (non-hydrogen) atoms. The SMILES string of the molecule is C=N/C=C(\N=C(/C)C(F)F)c1nc(NC2CCC(F)(F)C2)nc(NC2CCC(F)(F)C2)n1. The van der Waals surface area contributed by atoms with Crippen LogP contribution in [-0.2, 0) is 0 Å². The molecule has 0 bridgehead atoms. The minimum atomic E-state index is -2.85. The van der Waals surface area contributed by atoms with E-state index in [0.29, 0.717) is 0 Å². The molecule has 0 saturated heterocycles. The van der Waals surface area contributed by atoms with Crippen molar-refractivity contribution in [2.24, 2.45) is 9.98 Å². The summed E-state index contributed by atoms with van der Waals surface area (Å²) >= 11 is 0. The van der Waals surface area contributed by atoms with Crippen molar-refractivity contribution < 1.29 is 26.3 Å². The van der Waals surface area contributed by atoms with Crippen LogP contribution in [0.5, 0.6) is 0 Å². The van der Waals surface area contributed by atoms with Crippen LogP contribution in [0, 0.1) is 0 Å². The molecule has 2 saturated carbocycles. The van der Waals surface area contributed by atoms with Gasteiger partial charge in [0.1, 0.15) is 5.70 Å². The summed E-state index contributed by atoms with van der Waals surface area (Å²) < 4.78 is 80.1. The minimum absolute atomic E-state index is 0.107. The second kappa shape index (κ2) is 9.41. The van der Waals surface area contributed by atoms with Crippen LogP contribution in [-0.4, -0.2) is 57.7 Å². The minimum Gasteiger partial charge on any atom is -0.351 e. The molecule has 7 nitrogen and oxygen atoms in total. The number of nitrogens with zero attached hydrogens (tertiary/aromatic N) is 5. The molecule has 2 N–H and O–H groups in total. The summed E-state index contributed by atoms with van der Waals surface area (Å²) in [6.45, 7) is 4.37. The van der Waals surface area contributed by atoms with E-state index in [-0.39, 0.29) is 49.1 Å². The molecule has 1 aromatic rings. The normalized spacial score (nSPS) is 25.2. The van der Waals surface area contributed by atoms with Crippen molar-refractivity contribution in [3.63, 3.8) is 0 Å². The Bertz CT molecular complexity index is 856. The lowest BCUT2D eigenvalue weighted by molar-refractivity contribution is 0.00781. The molecule has 1 heterocycles. The van der Waals surface area contributed by atoms with Crippen LogP contribution in [0.3, 0.4) is 0 Å². The second-order valence-electron chi connectivity index (χ2n) is 7.94. The van der Waals surface area contributed by atoms with Gasteiger partial charge in [-0.1, -0.05) is 0 Å². The molecule has 0 radical (unpaired) electrons.